The number of para-hydroxylation sites is 1. The molecule has 1 fully saturated rings. The van der Waals surface area contributed by atoms with Crippen molar-refractivity contribution in [1.29, 1.82) is 5.41 Å². The van der Waals surface area contributed by atoms with E-state index in [0.717, 1.165) is 23.1 Å². The van der Waals surface area contributed by atoms with Crippen LogP contribution in [-0.2, 0) is 11.8 Å². The number of thioether (sulfide) groups is 1. The number of carbonyl (C=O) groups is 1. The average Bonchev–Trinajstić information content (AvgIpc) is 3.14. The number of methoxy groups -OCH3 is 1. The van der Waals surface area contributed by atoms with Crippen LogP contribution in [0.5, 0.6) is 5.75 Å². The summed E-state index contributed by atoms with van der Waals surface area (Å²) in [5.74, 6) is 0.338. The molecule has 30 heavy (non-hydrogen) atoms. The molecule has 0 atom stereocenters. The third-order valence-electron chi connectivity index (χ3n) is 4.98. The van der Waals surface area contributed by atoms with Gasteiger partial charge in [-0.15, -0.1) is 0 Å². The minimum Gasteiger partial charge on any atom is -0.497 e. The van der Waals surface area contributed by atoms with Gasteiger partial charge in [-0.1, -0.05) is 30.3 Å². The predicted octanol–water partition coefficient (Wildman–Crippen LogP) is 3.55. The third kappa shape index (κ3) is 3.25. The van der Waals surface area contributed by atoms with Gasteiger partial charge in [-0.05, 0) is 54.6 Å². The Labute approximate surface area is 177 Å². The summed E-state index contributed by atoms with van der Waals surface area (Å²) in [6.07, 6.45) is 1.72. The van der Waals surface area contributed by atoms with E-state index in [2.05, 4.69) is 0 Å². The number of hydrogen-bond acceptors (Lipinski definition) is 5. The number of aromatic nitrogens is 2. The van der Waals surface area contributed by atoms with Crippen LogP contribution in [0.4, 0.5) is 5.69 Å². The van der Waals surface area contributed by atoms with E-state index in [0.29, 0.717) is 16.3 Å². The van der Waals surface area contributed by atoms with Crippen molar-refractivity contribution < 1.29 is 9.53 Å². The molecule has 2 heterocycles. The fourth-order valence-corrected chi connectivity index (χ4v) is 4.20. The molecule has 1 amide bonds. The van der Waals surface area contributed by atoms with E-state index in [9.17, 15) is 9.59 Å². The van der Waals surface area contributed by atoms with E-state index in [1.54, 1.807) is 44.0 Å². The maximum Gasteiger partial charge on any atom is 0.296 e. The second-order valence-corrected chi connectivity index (χ2v) is 7.77. The summed E-state index contributed by atoms with van der Waals surface area (Å²) in [5, 5.41) is 8.37. The Balaban J connectivity index is 1.75. The molecule has 3 aromatic rings. The fourth-order valence-electron chi connectivity index (χ4n) is 3.35. The molecular formula is C22H20N4O3S. The van der Waals surface area contributed by atoms with E-state index in [1.165, 1.54) is 9.58 Å². The van der Waals surface area contributed by atoms with Crippen molar-refractivity contribution in [3.05, 3.63) is 81.1 Å². The Hall–Kier alpha value is -3.52. The van der Waals surface area contributed by atoms with Crippen molar-refractivity contribution in [2.75, 3.05) is 12.0 Å². The highest BCUT2D eigenvalue weighted by Crippen LogP contribution is 2.35. The first-order chi connectivity index (χ1) is 14.4. The third-order valence-corrected chi connectivity index (χ3v) is 5.87. The van der Waals surface area contributed by atoms with Crippen LogP contribution in [0.2, 0.25) is 0 Å². The van der Waals surface area contributed by atoms with Crippen LogP contribution in [0.3, 0.4) is 0 Å². The largest absolute Gasteiger partial charge is 0.497 e. The lowest BCUT2D eigenvalue weighted by Crippen LogP contribution is -2.33. The molecular weight excluding hydrogens is 400 g/mol. The predicted molar refractivity (Wildman–Crippen MR) is 120 cm³/mol. The molecule has 0 radical (unpaired) electrons. The highest BCUT2D eigenvalue weighted by molar-refractivity contribution is 8.19. The molecule has 1 aromatic heterocycles. The van der Waals surface area contributed by atoms with Crippen LogP contribution < -0.4 is 15.2 Å². The minimum atomic E-state index is -0.383. The first kappa shape index (κ1) is 19.8. The highest BCUT2D eigenvalue weighted by atomic mass is 32.2. The number of benzene rings is 2. The molecule has 0 bridgehead atoms. The first-order valence-electron chi connectivity index (χ1n) is 9.23. The smallest absolute Gasteiger partial charge is 0.296 e. The number of amidine groups is 1. The van der Waals surface area contributed by atoms with Crippen LogP contribution in [0.1, 0.15) is 11.3 Å². The van der Waals surface area contributed by atoms with E-state index in [1.807, 2.05) is 42.5 Å². The van der Waals surface area contributed by atoms with Crippen molar-refractivity contribution in [1.82, 2.24) is 9.36 Å². The molecule has 1 aliphatic heterocycles. The van der Waals surface area contributed by atoms with E-state index in [-0.39, 0.29) is 22.3 Å². The molecule has 1 aliphatic rings. The lowest BCUT2D eigenvalue weighted by atomic mass is 10.2. The van der Waals surface area contributed by atoms with Crippen LogP contribution >= 0.6 is 11.8 Å². The van der Waals surface area contributed by atoms with Gasteiger partial charge >= 0.3 is 0 Å². The van der Waals surface area contributed by atoms with Gasteiger partial charge in [0.1, 0.15) is 11.4 Å². The van der Waals surface area contributed by atoms with Crippen LogP contribution in [0, 0.1) is 12.3 Å². The van der Waals surface area contributed by atoms with Gasteiger partial charge in [0, 0.05) is 7.05 Å². The summed E-state index contributed by atoms with van der Waals surface area (Å²) >= 11 is 1.04. The lowest BCUT2D eigenvalue weighted by Gasteiger charge is -2.12. The second-order valence-electron chi connectivity index (χ2n) is 6.74. The molecule has 8 heteroatoms. The number of nitrogens with zero attached hydrogens (tertiary/aromatic N) is 3. The average molecular weight is 420 g/mol. The van der Waals surface area contributed by atoms with Gasteiger partial charge in [0.15, 0.2) is 5.17 Å². The standard InChI is InChI=1S/C22H20N4O3S/c1-14-19(21(28)26(24(14)2)16-7-5-4-6-8-16)25-20(27)18(30-22(25)23)13-15-9-11-17(29-3)12-10-15/h4-13,23H,1-3H3/b18-13-,23-22?. The van der Waals surface area contributed by atoms with Gasteiger partial charge < -0.3 is 4.74 Å². The summed E-state index contributed by atoms with van der Waals surface area (Å²) < 4.78 is 8.35. The second kappa shape index (κ2) is 7.72. The number of rotatable bonds is 4. The number of anilines is 1. The SMILES string of the molecule is COc1ccc(/C=C2\SC(=N)N(c3c(C)n(C)n(-c4ccccc4)c3=O)C2=O)cc1. The number of ether oxygens (including phenoxy) is 1. The van der Waals surface area contributed by atoms with Crippen LogP contribution in [0.25, 0.3) is 11.8 Å². The Bertz CT molecular complexity index is 1220. The van der Waals surface area contributed by atoms with Gasteiger partial charge in [-0.25, -0.2) is 9.58 Å². The molecule has 0 aliphatic carbocycles. The summed E-state index contributed by atoms with van der Waals surface area (Å²) in [7, 11) is 3.35. The van der Waals surface area contributed by atoms with E-state index >= 15 is 0 Å². The summed E-state index contributed by atoms with van der Waals surface area (Å²) in [5.41, 5.74) is 1.97. The van der Waals surface area contributed by atoms with Crippen LogP contribution in [0.15, 0.2) is 64.3 Å². The lowest BCUT2D eigenvalue weighted by molar-refractivity contribution is -0.113. The monoisotopic (exact) mass is 420 g/mol. The Morgan fingerprint density at radius 1 is 1.03 bits per heavy atom. The Kier molecular flexibility index (Phi) is 5.09. The van der Waals surface area contributed by atoms with Gasteiger partial charge in [0.25, 0.3) is 11.5 Å². The molecule has 4 rings (SSSR count). The van der Waals surface area contributed by atoms with Crippen molar-refractivity contribution in [3.8, 4) is 11.4 Å². The van der Waals surface area contributed by atoms with Crippen molar-refractivity contribution in [3.63, 3.8) is 0 Å². The number of nitrogens with one attached hydrogen (secondary N) is 1. The normalized spacial score (nSPS) is 15.3. The number of amides is 1. The molecule has 7 nitrogen and oxygen atoms in total. The van der Waals surface area contributed by atoms with Crippen molar-refractivity contribution in [2.24, 2.45) is 7.05 Å². The van der Waals surface area contributed by atoms with E-state index < -0.39 is 0 Å². The first-order valence-corrected chi connectivity index (χ1v) is 10.0. The molecule has 1 N–H and O–H groups in total. The molecule has 0 unspecified atom stereocenters. The number of carbonyl (C=O) groups excluding carboxylic acids is 1. The van der Waals surface area contributed by atoms with Gasteiger partial charge in [0.05, 0.1) is 23.4 Å². The molecule has 0 spiro atoms. The van der Waals surface area contributed by atoms with E-state index in [4.69, 9.17) is 10.1 Å². The minimum absolute atomic E-state index is 0.00535. The highest BCUT2D eigenvalue weighted by Gasteiger charge is 2.37. The fraction of sp³-hybridized carbons (Fsp3) is 0.136. The zero-order valence-corrected chi connectivity index (χ0v) is 17.6. The summed E-state index contributed by atoms with van der Waals surface area (Å²) in [6, 6.07) is 16.5. The van der Waals surface area contributed by atoms with Gasteiger partial charge in [0.2, 0.25) is 0 Å². The Morgan fingerprint density at radius 3 is 2.33 bits per heavy atom. The van der Waals surface area contributed by atoms with Crippen LogP contribution in [-0.4, -0.2) is 27.5 Å². The summed E-state index contributed by atoms with van der Waals surface area (Å²) in [6.45, 7) is 1.77. The molecule has 1 saturated heterocycles. The van der Waals surface area contributed by atoms with Gasteiger partial charge in [-0.3, -0.25) is 19.7 Å². The maximum atomic E-state index is 13.2. The van der Waals surface area contributed by atoms with Crippen molar-refractivity contribution >= 4 is 34.6 Å². The maximum absolute atomic E-state index is 13.2. The molecule has 152 valence electrons. The summed E-state index contributed by atoms with van der Waals surface area (Å²) in [4.78, 5) is 27.9. The van der Waals surface area contributed by atoms with Gasteiger partial charge in [-0.2, -0.15) is 0 Å². The quantitative estimate of drug-likeness (QED) is 0.655. The molecule has 0 saturated carbocycles. The number of hydrogen-bond donors (Lipinski definition) is 1. The zero-order chi connectivity index (χ0) is 21.4. The molecule has 2 aromatic carbocycles. The van der Waals surface area contributed by atoms with Crippen molar-refractivity contribution in [2.45, 2.75) is 6.92 Å². The Morgan fingerprint density at radius 2 is 1.70 bits per heavy atom. The zero-order valence-electron chi connectivity index (χ0n) is 16.7. The topological polar surface area (TPSA) is 80.3 Å².